The van der Waals surface area contributed by atoms with E-state index in [9.17, 15) is 21.7 Å². The van der Waals surface area contributed by atoms with Crippen molar-refractivity contribution in [1.29, 1.82) is 0 Å². The van der Waals surface area contributed by atoms with E-state index in [1.807, 2.05) is 30.3 Å². The Balaban J connectivity index is 1.83. The number of nitrogens with zero attached hydrogens (tertiary/aromatic N) is 2. The highest BCUT2D eigenvalue weighted by atomic mass is 32.2. The molecule has 1 unspecified atom stereocenters. The molecule has 0 bridgehead atoms. The molecule has 3 aromatic carbocycles. The highest BCUT2D eigenvalue weighted by molar-refractivity contribution is 7.86. The summed E-state index contributed by atoms with van der Waals surface area (Å²) < 4.78 is 60.1. The Labute approximate surface area is 172 Å². The van der Waals surface area contributed by atoms with Crippen LogP contribution >= 0.6 is 0 Å². The molecule has 0 amide bonds. The van der Waals surface area contributed by atoms with Gasteiger partial charge in [0.25, 0.3) is 10.1 Å². The van der Waals surface area contributed by atoms with E-state index in [4.69, 9.17) is 4.42 Å². The number of benzene rings is 3. The first-order valence-electron chi connectivity index (χ1n) is 8.63. The van der Waals surface area contributed by atoms with Crippen LogP contribution in [0.1, 0.15) is 0 Å². The van der Waals surface area contributed by atoms with Crippen molar-refractivity contribution in [2.24, 2.45) is 0 Å². The van der Waals surface area contributed by atoms with Crippen LogP contribution in [0.5, 0.6) is 0 Å². The number of para-hydroxylation sites is 1. The van der Waals surface area contributed by atoms with Gasteiger partial charge < -0.3 is 8.97 Å². The molecule has 0 aliphatic carbocycles. The van der Waals surface area contributed by atoms with Crippen LogP contribution in [-0.2, 0) is 21.2 Å². The van der Waals surface area contributed by atoms with Crippen LogP contribution in [0, 0.1) is 0 Å². The van der Waals surface area contributed by atoms with Crippen molar-refractivity contribution >= 4 is 54.0 Å². The smallest absolute Gasteiger partial charge is 0.298 e. The topological polar surface area (TPSA) is 131 Å². The van der Waals surface area contributed by atoms with E-state index in [2.05, 4.69) is 9.97 Å². The van der Waals surface area contributed by atoms with Gasteiger partial charge in [0.15, 0.2) is 16.7 Å². The molecule has 2 N–H and O–H groups in total. The molecule has 0 radical (unpaired) electrons. The SMILES string of the molecule is O=S(O)c1ccc2c(c1)cc(S(=O)(=O)O)c1oc(-c3ccc4ccccc4n3)nc12. The predicted molar refractivity (Wildman–Crippen MR) is 111 cm³/mol. The van der Waals surface area contributed by atoms with Crippen molar-refractivity contribution in [2.45, 2.75) is 9.79 Å². The summed E-state index contributed by atoms with van der Waals surface area (Å²) >= 11 is -2.25. The summed E-state index contributed by atoms with van der Waals surface area (Å²) in [4.78, 5) is 8.54. The standard InChI is InChI=1S/C20H12N2O6S2/c23-29(24)13-6-7-14-12(9-13)10-17(30(25,26)27)19-18(14)22-20(28-19)16-8-5-11-3-1-2-4-15(11)21-16/h1-10H,(H,23,24)(H,25,26,27). The fourth-order valence-corrected chi connectivity index (χ4v) is 4.41. The van der Waals surface area contributed by atoms with E-state index in [1.54, 1.807) is 12.1 Å². The van der Waals surface area contributed by atoms with Gasteiger partial charge in [-0.25, -0.2) is 14.2 Å². The Morgan fingerprint density at radius 1 is 0.933 bits per heavy atom. The minimum absolute atomic E-state index is 0.0861. The third-order valence-electron chi connectivity index (χ3n) is 4.71. The quantitative estimate of drug-likeness (QED) is 0.318. The summed E-state index contributed by atoms with van der Waals surface area (Å²) in [5.74, 6) is 0.0861. The maximum absolute atomic E-state index is 12.0. The lowest BCUT2D eigenvalue weighted by molar-refractivity contribution is 0.482. The van der Waals surface area contributed by atoms with Gasteiger partial charge in [-0.05, 0) is 35.7 Å². The minimum Gasteiger partial charge on any atom is -0.433 e. The van der Waals surface area contributed by atoms with Crippen LogP contribution in [0.15, 0.2) is 74.9 Å². The third-order valence-corrected chi connectivity index (χ3v) is 6.23. The molecule has 2 heterocycles. The maximum Gasteiger partial charge on any atom is 0.298 e. The molecule has 8 nitrogen and oxygen atoms in total. The van der Waals surface area contributed by atoms with Gasteiger partial charge in [0.2, 0.25) is 5.89 Å². The van der Waals surface area contributed by atoms with E-state index in [-0.39, 0.29) is 21.9 Å². The third kappa shape index (κ3) is 3.06. The fraction of sp³-hybridized carbons (Fsp3) is 0. The van der Waals surface area contributed by atoms with Gasteiger partial charge in [0, 0.05) is 10.8 Å². The summed E-state index contributed by atoms with van der Waals surface area (Å²) in [7, 11) is -4.65. The number of fused-ring (bicyclic) bond motifs is 4. The predicted octanol–water partition coefficient (Wildman–Crippen LogP) is 4.02. The Bertz CT molecular complexity index is 1610. The van der Waals surface area contributed by atoms with E-state index in [0.29, 0.717) is 22.0 Å². The molecule has 0 spiro atoms. The van der Waals surface area contributed by atoms with Gasteiger partial charge >= 0.3 is 0 Å². The van der Waals surface area contributed by atoms with Crippen LogP contribution in [0.3, 0.4) is 0 Å². The lowest BCUT2D eigenvalue weighted by Gasteiger charge is -2.04. The van der Waals surface area contributed by atoms with Crippen molar-refractivity contribution in [3.63, 3.8) is 0 Å². The number of pyridine rings is 1. The Morgan fingerprint density at radius 3 is 2.50 bits per heavy atom. The van der Waals surface area contributed by atoms with Crippen molar-refractivity contribution < 1.29 is 26.1 Å². The first-order chi connectivity index (χ1) is 14.3. The Kier molecular flexibility index (Phi) is 4.19. The molecule has 30 heavy (non-hydrogen) atoms. The molecule has 0 aliphatic rings. The van der Waals surface area contributed by atoms with Crippen molar-refractivity contribution in [2.75, 3.05) is 0 Å². The summed E-state index contributed by atoms with van der Waals surface area (Å²) in [5.41, 5.74) is 1.19. The molecule has 5 aromatic rings. The Hall–Kier alpha value is -3.18. The van der Waals surface area contributed by atoms with Crippen molar-refractivity contribution in [3.8, 4) is 11.6 Å². The molecular weight excluding hydrogens is 428 g/mol. The summed E-state index contributed by atoms with van der Waals surface area (Å²) in [6.07, 6.45) is 0. The molecular formula is C20H12N2O6S2. The van der Waals surface area contributed by atoms with Gasteiger partial charge in [-0.1, -0.05) is 30.3 Å². The first-order valence-corrected chi connectivity index (χ1v) is 11.2. The van der Waals surface area contributed by atoms with Crippen LogP contribution in [-0.4, -0.2) is 31.7 Å². The average molecular weight is 440 g/mol. The second-order valence-electron chi connectivity index (χ2n) is 6.57. The average Bonchev–Trinajstić information content (AvgIpc) is 3.17. The fourth-order valence-electron chi connectivity index (χ4n) is 3.35. The monoisotopic (exact) mass is 440 g/mol. The van der Waals surface area contributed by atoms with E-state index in [1.165, 1.54) is 18.2 Å². The van der Waals surface area contributed by atoms with Crippen LogP contribution < -0.4 is 0 Å². The van der Waals surface area contributed by atoms with Gasteiger partial charge in [-0.15, -0.1) is 0 Å². The lowest BCUT2D eigenvalue weighted by Crippen LogP contribution is -1.99. The number of rotatable bonds is 3. The number of aromatic nitrogens is 2. The van der Waals surface area contributed by atoms with E-state index < -0.39 is 26.1 Å². The van der Waals surface area contributed by atoms with Gasteiger partial charge in [0.05, 0.1) is 10.4 Å². The number of hydrogen-bond donors (Lipinski definition) is 2. The second-order valence-corrected chi connectivity index (χ2v) is 8.93. The maximum atomic E-state index is 12.0. The van der Waals surface area contributed by atoms with Gasteiger partial charge in [0.1, 0.15) is 16.1 Å². The molecule has 2 aromatic heterocycles. The number of oxazole rings is 1. The van der Waals surface area contributed by atoms with Crippen LogP contribution in [0.2, 0.25) is 0 Å². The zero-order valence-electron chi connectivity index (χ0n) is 15.0. The molecule has 1 atom stereocenters. The van der Waals surface area contributed by atoms with Crippen LogP contribution in [0.4, 0.5) is 0 Å². The van der Waals surface area contributed by atoms with Crippen molar-refractivity contribution in [3.05, 3.63) is 60.7 Å². The molecule has 10 heteroatoms. The normalized spacial score (nSPS) is 13.3. The highest BCUT2D eigenvalue weighted by Crippen LogP contribution is 2.35. The summed E-state index contributed by atoms with van der Waals surface area (Å²) in [5, 5.41) is 1.75. The van der Waals surface area contributed by atoms with E-state index >= 15 is 0 Å². The summed E-state index contributed by atoms with van der Waals surface area (Å²) in [6, 6.07) is 16.6. The molecule has 0 aliphatic heterocycles. The Morgan fingerprint density at radius 2 is 1.73 bits per heavy atom. The first kappa shape index (κ1) is 18.8. The van der Waals surface area contributed by atoms with Crippen LogP contribution in [0.25, 0.3) is 44.4 Å². The molecule has 150 valence electrons. The zero-order chi connectivity index (χ0) is 21.0. The highest BCUT2D eigenvalue weighted by Gasteiger charge is 2.23. The second kappa shape index (κ2) is 6.67. The molecule has 5 rings (SSSR count). The van der Waals surface area contributed by atoms with Crippen molar-refractivity contribution in [1.82, 2.24) is 9.97 Å². The minimum atomic E-state index is -4.65. The summed E-state index contributed by atoms with van der Waals surface area (Å²) in [6.45, 7) is 0. The lowest BCUT2D eigenvalue weighted by atomic mass is 10.1. The molecule has 0 saturated carbocycles. The molecule has 0 fully saturated rings. The van der Waals surface area contributed by atoms with Gasteiger partial charge in [-0.3, -0.25) is 4.55 Å². The van der Waals surface area contributed by atoms with Gasteiger partial charge in [-0.2, -0.15) is 8.42 Å². The molecule has 0 saturated heterocycles. The largest absolute Gasteiger partial charge is 0.433 e. The number of hydrogen-bond acceptors (Lipinski definition) is 6. The zero-order valence-corrected chi connectivity index (χ0v) is 16.6. The van der Waals surface area contributed by atoms with E-state index in [0.717, 1.165) is 5.39 Å².